The summed E-state index contributed by atoms with van der Waals surface area (Å²) in [7, 11) is 0. The SMILES string of the molecule is O=C(CNC(=O)[C@@H]1c2ccccc2C(=O)N(C2CCC(O)CC2)[C@H]1c1ccc(Cl)cc1)c1ccccc1. The monoisotopic (exact) mass is 516 g/mol. The van der Waals surface area contributed by atoms with Crippen molar-refractivity contribution in [3.8, 4) is 0 Å². The number of hydrogen-bond donors (Lipinski definition) is 2. The maximum atomic E-state index is 13.9. The van der Waals surface area contributed by atoms with E-state index in [-0.39, 0.29) is 36.3 Å². The van der Waals surface area contributed by atoms with Gasteiger partial charge in [-0.1, -0.05) is 72.3 Å². The third kappa shape index (κ3) is 5.17. The summed E-state index contributed by atoms with van der Waals surface area (Å²) >= 11 is 6.18. The van der Waals surface area contributed by atoms with Crippen molar-refractivity contribution < 1.29 is 19.5 Å². The van der Waals surface area contributed by atoms with Gasteiger partial charge in [-0.05, 0) is 55.0 Å². The van der Waals surface area contributed by atoms with Crippen molar-refractivity contribution in [2.24, 2.45) is 0 Å². The van der Waals surface area contributed by atoms with E-state index in [0.717, 1.165) is 5.56 Å². The molecule has 2 N–H and O–H groups in total. The molecule has 1 saturated carbocycles. The quantitative estimate of drug-likeness (QED) is 0.455. The molecule has 0 bridgehead atoms. The molecular formula is C30H29ClN2O4. The molecule has 5 rings (SSSR count). The Labute approximate surface area is 221 Å². The van der Waals surface area contributed by atoms with Gasteiger partial charge in [0.2, 0.25) is 5.91 Å². The van der Waals surface area contributed by atoms with Crippen LogP contribution in [0.3, 0.4) is 0 Å². The number of carbonyl (C=O) groups excluding carboxylic acids is 3. The van der Waals surface area contributed by atoms with Gasteiger partial charge in [0.1, 0.15) is 0 Å². The molecule has 2 amide bonds. The Bertz CT molecular complexity index is 1290. The lowest BCUT2D eigenvalue weighted by Crippen LogP contribution is -2.52. The number of rotatable bonds is 6. The van der Waals surface area contributed by atoms with Crippen LogP contribution >= 0.6 is 11.6 Å². The average Bonchev–Trinajstić information content (AvgIpc) is 2.93. The van der Waals surface area contributed by atoms with Gasteiger partial charge in [0.15, 0.2) is 5.78 Å². The lowest BCUT2D eigenvalue weighted by atomic mass is 9.77. The van der Waals surface area contributed by atoms with Gasteiger partial charge in [-0.2, -0.15) is 0 Å². The van der Waals surface area contributed by atoms with Gasteiger partial charge in [-0.15, -0.1) is 0 Å². The number of nitrogens with zero attached hydrogens (tertiary/aromatic N) is 1. The van der Waals surface area contributed by atoms with Crippen LogP contribution in [0, 0.1) is 0 Å². The normalized spacial score (nSPS) is 23.3. The minimum atomic E-state index is -0.717. The zero-order valence-corrected chi connectivity index (χ0v) is 21.1. The Morgan fingerprint density at radius 1 is 0.892 bits per heavy atom. The standard InChI is InChI=1S/C30H29ClN2O4/c31-21-12-10-20(11-13-21)28-27(29(36)32-18-26(35)19-6-2-1-3-7-19)24-8-4-5-9-25(24)30(37)33(28)22-14-16-23(34)17-15-22/h1-13,22-23,27-28,34H,14-18H2,(H,32,36)/t22?,23?,27-,28+/m1/s1. The van der Waals surface area contributed by atoms with E-state index >= 15 is 0 Å². The molecule has 0 spiro atoms. The first-order valence-corrected chi connectivity index (χ1v) is 13.0. The molecule has 0 unspecified atom stereocenters. The highest BCUT2D eigenvalue weighted by Crippen LogP contribution is 2.46. The fourth-order valence-corrected chi connectivity index (χ4v) is 5.72. The van der Waals surface area contributed by atoms with Crippen LogP contribution in [-0.4, -0.2) is 46.3 Å². The van der Waals surface area contributed by atoms with Crippen molar-refractivity contribution >= 4 is 29.2 Å². The topological polar surface area (TPSA) is 86.7 Å². The fourth-order valence-electron chi connectivity index (χ4n) is 5.59. The third-order valence-electron chi connectivity index (χ3n) is 7.45. The molecule has 6 nitrogen and oxygen atoms in total. The van der Waals surface area contributed by atoms with Crippen LogP contribution in [0.4, 0.5) is 0 Å². The van der Waals surface area contributed by atoms with Crippen LogP contribution in [0.15, 0.2) is 78.9 Å². The number of carbonyl (C=O) groups is 3. The van der Waals surface area contributed by atoms with E-state index in [4.69, 9.17) is 11.6 Å². The number of amides is 2. The second-order valence-corrected chi connectivity index (χ2v) is 10.2. The first-order chi connectivity index (χ1) is 17.9. The van der Waals surface area contributed by atoms with E-state index in [1.165, 1.54) is 0 Å². The summed E-state index contributed by atoms with van der Waals surface area (Å²) in [5.74, 6) is -1.34. The zero-order valence-electron chi connectivity index (χ0n) is 20.3. The molecule has 1 fully saturated rings. The van der Waals surface area contributed by atoms with Crippen molar-refractivity contribution in [3.63, 3.8) is 0 Å². The molecule has 2 atom stereocenters. The number of Topliss-reactive ketones (excluding diaryl/α,β-unsaturated/α-hetero) is 1. The molecule has 1 aliphatic heterocycles. The predicted molar refractivity (Wildman–Crippen MR) is 142 cm³/mol. The van der Waals surface area contributed by atoms with Crippen LogP contribution < -0.4 is 5.32 Å². The lowest BCUT2D eigenvalue weighted by Gasteiger charge is -2.47. The van der Waals surface area contributed by atoms with Crippen molar-refractivity contribution in [2.75, 3.05) is 6.54 Å². The molecule has 0 saturated heterocycles. The van der Waals surface area contributed by atoms with Gasteiger partial charge in [-0.25, -0.2) is 0 Å². The number of halogens is 1. The second-order valence-electron chi connectivity index (χ2n) is 9.74. The number of fused-ring (bicyclic) bond motifs is 1. The highest BCUT2D eigenvalue weighted by molar-refractivity contribution is 6.30. The predicted octanol–water partition coefficient (Wildman–Crippen LogP) is 4.92. The third-order valence-corrected chi connectivity index (χ3v) is 7.70. The van der Waals surface area contributed by atoms with E-state index in [1.807, 2.05) is 35.2 Å². The maximum absolute atomic E-state index is 13.9. The van der Waals surface area contributed by atoms with Crippen LogP contribution in [0.5, 0.6) is 0 Å². The maximum Gasteiger partial charge on any atom is 0.254 e. The van der Waals surface area contributed by atoms with Crippen LogP contribution in [0.1, 0.15) is 69.5 Å². The summed E-state index contributed by atoms with van der Waals surface area (Å²) in [6.45, 7) is -0.140. The van der Waals surface area contributed by atoms with E-state index in [1.54, 1.807) is 48.5 Å². The average molecular weight is 517 g/mol. The summed E-state index contributed by atoms with van der Waals surface area (Å²) in [4.78, 5) is 42.4. The van der Waals surface area contributed by atoms with Crippen molar-refractivity contribution in [2.45, 2.75) is 49.8 Å². The molecular weight excluding hydrogens is 488 g/mol. The smallest absolute Gasteiger partial charge is 0.254 e. The lowest BCUT2D eigenvalue weighted by molar-refractivity contribution is -0.124. The van der Waals surface area contributed by atoms with Gasteiger partial charge < -0.3 is 15.3 Å². The minimum Gasteiger partial charge on any atom is -0.393 e. The summed E-state index contributed by atoms with van der Waals surface area (Å²) in [5.41, 5.74) is 2.46. The van der Waals surface area contributed by atoms with Crippen molar-refractivity contribution in [1.29, 1.82) is 0 Å². The van der Waals surface area contributed by atoms with E-state index in [9.17, 15) is 19.5 Å². The van der Waals surface area contributed by atoms with Crippen LogP contribution in [0.2, 0.25) is 5.02 Å². The minimum absolute atomic E-state index is 0.119. The summed E-state index contributed by atoms with van der Waals surface area (Å²) in [5, 5.41) is 13.5. The Balaban J connectivity index is 1.54. The molecule has 2 aliphatic rings. The van der Waals surface area contributed by atoms with Gasteiger partial charge in [0, 0.05) is 22.2 Å². The van der Waals surface area contributed by atoms with E-state index in [0.29, 0.717) is 47.4 Å². The summed E-state index contributed by atoms with van der Waals surface area (Å²) in [6, 6.07) is 22.6. The highest BCUT2D eigenvalue weighted by atomic mass is 35.5. The molecule has 3 aromatic rings. The molecule has 7 heteroatoms. The van der Waals surface area contributed by atoms with Gasteiger partial charge in [0.05, 0.1) is 24.6 Å². The van der Waals surface area contributed by atoms with Crippen LogP contribution in [-0.2, 0) is 4.79 Å². The molecule has 1 aliphatic carbocycles. The van der Waals surface area contributed by atoms with Crippen LogP contribution in [0.25, 0.3) is 0 Å². The van der Waals surface area contributed by atoms with Gasteiger partial charge in [0.25, 0.3) is 5.91 Å². The Kier molecular flexibility index (Phi) is 7.40. The molecule has 190 valence electrons. The van der Waals surface area contributed by atoms with E-state index < -0.39 is 12.0 Å². The Hall–Kier alpha value is -3.48. The molecule has 1 heterocycles. The number of benzene rings is 3. The van der Waals surface area contributed by atoms with E-state index in [2.05, 4.69) is 5.32 Å². The molecule has 0 radical (unpaired) electrons. The van der Waals surface area contributed by atoms with Crippen molar-refractivity contribution in [1.82, 2.24) is 10.2 Å². The Morgan fingerprint density at radius 2 is 1.54 bits per heavy atom. The number of aliphatic hydroxyl groups is 1. The molecule has 3 aromatic carbocycles. The first kappa shape index (κ1) is 25.2. The van der Waals surface area contributed by atoms with Gasteiger partial charge in [-0.3, -0.25) is 14.4 Å². The van der Waals surface area contributed by atoms with Gasteiger partial charge >= 0.3 is 0 Å². The summed E-state index contributed by atoms with van der Waals surface area (Å²) in [6.07, 6.45) is 2.14. The number of ketones is 1. The number of hydrogen-bond acceptors (Lipinski definition) is 4. The Morgan fingerprint density at radius 3 is 2.24 bits per heavy atom. The largest absolute Gasteiger partial charge is 0.393 e. The molecule has 37 heavy (non-hydrogen) atoms. The molecule has 0 aromatic heterocycles. The number of aliphatic hydroxyl groups excluding tert-OH is 1. The summed E-state index contributed by atoms with van der Waals surface area (Å²) < 4.78 is 0. The first-order valence-electron chi connectivity index (χ1n) is 12.6. The zero-order chi connectivity index (χ0) is 25.9. The number of nitrogens with one attached hydrogen (secondary N) is 1. The fraction of sp³-hybridized carbons (Fsp3) is 0.300. The second kappa shape index (κ2) is 10.9. The highest BCUT2D eigenvalue weighted by Gasteiger charge is 2.47. The van der Waals surface area contributed by atoms with Crippen molar-refractivity contribution in [3.05, 3.63) is 106 Å².